The molecule has 0 radical (unpaired) electrons. The lowest BCUT2D eigenvalue weighted by Gasteiger charge is -2.25. The van der Waals surface area contributed by atoms with Crippen LogP contribution in [0.1, 0.15) is 71.6 Å². The predicted octanol–water partition coefficient (Wildman–Crippen LogP) is 5.40. The monoisotopic (exact) mass is 521 g/mol. The molecule has 200 valence electrons. The van der Waals surface area contributed by atoms with E-state index in [1.165, 1.54) is 21.0 Å². The van der Waals surface area contributed by atoms with Crippen LogP contribution in [0.25, 0.3) is 0 Å². The summed E-state index contributed by atoms with van der Waals surface area (Å²) in [6, 6.07) is 9.95. The molecule has 1 aliphatic rings. The van der Waals surface area contributed by atoms with Crippen molar-refractivity contribution in [2.24, 2.45) is 17.0 Å². The van der Waals surface area contributed by atoms with Crippen LogP contribution in [0.15, 0.2) is 40.4 Å². The highest BCUT2D eigenvalue weighted by Gasteiger charge is 2.42. The van der Waals surface area contributed by atoms with Crippen molar-refractivity contribution < 1.29 is 33.8 Å². The second-order valence-corrected chi connectivity index (χ2v) is 10.3. The van der Waals surface area contributed by atoms with Crippen molar-refractivity contribution in [1.29, 1.82) is 0 Å². The third-order valence-electron chi connectivity index (χ3n) is 6.49. The van der Waals surface area contributed by atoms with E-state index >= 15 is 0 Å². The molecule has 0 amide bonds. The zero-order valence-corrected chi connectivity index (χ0v) is 22.3. The van der Waals surface area contributed by atoms with Crippen LogP contribution in [-0.2, 0) is 28.6 Å². The number of esters is 3. The molecular formula is C27H39NO7S. The first-order valence-electron chi connectivity index (χ1n) is 12.6. The second-order valence-electron chi connectivity index (χ2n) is 9.18. The van der Waals surface area contributed by atoms with Gasteiger partial charge in [0.1, 0.15) is 12.2 Å². The molecule has 0 spiro atoms. The van der Waals surface area contributed by atoms with E-state index in [0.717, 1.165) is 37.0 Å². The number of thioether (sulfide) groups is 1. The van der Waals surface area contributed by atoms with E-state index in [0.29, 0.717) is 37.1 Å². The van der Waals surface area contributed by atoms with Gasteiger partial charge in [-0.05, 0) is 37.8 Å². The van der Waals surface area contributed by atoms with E-state index in [9.17, 15) is 19.6 Å². The number of unbranched alkanes of at least 4 members (excludes halogenated alkanes) is 3. The molecule has 0 saturated heterocycles. The Hall–Kier alpha value is -2.55. The molecule has 4 atom stereocenters. The van der Waals surface area contributed by atoms with E-state index in [1.54, 1.807) is 11.8 Å². The molecule has 2 rings (SSSR count). The number of hydrogen-bond acceptors (Lipinski definition) is 9. The summed E-state index contributed by atoms with van der Waals surface area (Å²) in [5.41, 5.74) is 0.634. The van der Waals surface area contributed by atoms with Gasteiger partial charge in [-0.25, -0.2) is 0 Å². The largest absolute Gasteiger partial charge is 0.469 e. The molecule has 0 aromatic heterocycles. The molecule has 1 aromatic rings. The Balaban J connectivity index is 1.99. The van der Waals surface area contributed by atoms with Crippen molar-refractivity contribution in [1.82, 2.24) is 0 Å². The number of carbonyl (C=O) groups excluding carboxylic acids is 3. The summed E-state index contributed by atoms with van der Waals surface area (Å²) in [6.07, 6.45) is 5.86. The van der Waals surface area contributed by atoms with Gasteiger partial charge in [-0.15, -0.1) is 11.8 Å². The van der Waals surface area contributed by atoms with Gasteiger partial charge in [-0.1, -0.05) is 42.6 Å². The van der Waals surface area contributed by atoms with Crippen molar-refractivity contribution >= 4 is 35.4 Å². The Morgan fingerprint density at radius 3 is 2.42 bits per heavy atom. The van der Waals surface area contributed by atoms with E-state index in [4.69, 9.17) is 9.47 Å². The van der Waals surface area contributed by atoms with Crippen LogP contribution in [0.5, 0.6) is 0 Å². The Bertz CT molecular complexity index is 861. The van der Waals surface area contributed by atoms with Gasteiger partial charge in [-0.3, -0.25) is 14.4 Å². The number of oxime groups is 1. The van der Waals surface area contributed by atoms with Gasteiger partial charge in [0, 0.05) is 49.2 Å². The van der Waals surface area contributed by atoms with Gasteiger partial charge < -0.3 is 19.4 Å². The molecule has 0 bridgehead atoms. The van der Waals surface area contributed by atoms with Crippen LogP contribution < -0.4 is 0 Å². The van der Waals surface area contributed by atoms with Crippen molar-refractivity contribution in [3.63, 3.8) is 0 Å². The van der Waals surface area contributed by atoms with Crippen LogP contribution >= 0.6 is 11.8 Å². The highest BCUT2D eigenvalue weighted by atomic mass is 32.2. The summed E-state index contributed by atoms with van der Waals surface area (Å²) in [4.78, 5) is 35.9. The van der Waals surface area contributed by atoms with Gasteiger partial charge in [-0.2, -0.15) is 0 Å². The van der Waals surface area contributed by atoms with Crippen LogP contribution in [0.3, 0.4) is 0 Å². The standard InChI is InChI=1S/C27H39NO7S/c1-19(29)34-21(18-36-22-11-7-6-8-12-22)15-16-23-24(13-9-4-5-10-14-27(31)33-3)26(35-20(2)30)17-25(23)28-32/h6-8,11-12,21,23-24,26,32H,4-5,9-10,13-18H2,1-3H3/b28-25-/t21?,23-,24-,26+/m1/s1. The first-order valence-corrected chi connectivity index (χ1v) is 13.6. The number of rotatable bonds is 15. The van der Waals surface area contributed by atoms with Gasteiger partial charge in [0.25, 0.3) is 0 Å². The maximum Gasteiger partial charge on any atom is 0.305 e. The molecule has 1 unspecified atom stereocenters. The molecule has 1 saturated carbocycles. The Morgan fingerprint density at radius 1 is 1.06 bits per heavy atom. The molecule has 1 aliphatic carbocycles. The first kappa shape index (κ1) is 29.7. The average molecular weight is 522 g/mol. The first-order chi connectivity index (χ1) is 17.3. The van der Waals surface area contributed by atoms with Crippen molar-refractivity contribution in [3.05, 3.63) is 30.3 Å². The number of hydrogen-bond donors (Lipinski definition) is 1. The summed E-state index contributed by atoms with van der Waals surface area (Å²) in [6.45, 7) is 2.81. The molecule has 9 heteroatoms. The van der Waals surface area contributed by atoms with Crippen LogP contribution in [-0.4, -0.2) is 53.9 Å². The SMILES string of the molecule is COC(=O)CCCCCC[C@H]1[C@@H](OC(C)=O)C/C(=N/O)[C@@H]1CCC(CSc1ccccc1)OC(C)=O. The van der Waals surface area contributed by atoms with E-state index < -0.39 is 0 Å². The van der Waals surface area contributed by atoms with Crippen LogP contribution in [0, 0.1) is 11.8 Å². The lowest BCUT2D eigenvalue weighted by molar-refractivity contribution is -0.149. The number of ether oxygens (including phenoxy) is 3. The summed E-state index contributed by atoms with van der Waals surface area (Å²) in [5, 5.41) is 13.3. The van der Waals surface area contributed by atoms with Crippen molar-refractivity contribution in [3.8, 4) is 0 Å². The fourth-order valence-electron chi connectivity index (χ4n) is 4.83. The smallest absolute Gasteiger partial charge is 0.305 e. The third-order valence-corrected chi connectivity index (χ3v) is 7.63. The normalized spacial score (nSPS) is 21.2. The number of methoxy groups -OCH3 is 1. The highest BCUT2D eigenvalue weighted by Crippen LogP contribution is 2.39. The Labute approximate surface area is 218 Å². The summed E-state index contributed by atoms with van der Waals surface area (Å²) >= 11 is 1.64. The minimum Gasteiger partial charge on any atom is -0.469 e. The fourth-order valence-corrected chi connectivity index (χ4v) is 5.79. The van der Waals surface area contributed by atoms with E-state index in [1.807, 2.05) is 30.3 Å². The summed E-state index contributed by atoms with van der Waals surface area (Å²) < 4.78 is 15.9. The molecule has 1 fully saturated rings. The van der Waals surface area contributed by atoms with Gasteiger partial charge in [0.15, 0.2) is 0 Å². The minimum atomic E-state index is -0.349. The predicted molar refractivity (Wildman–Crippen MR) is 138 cm³/mol. The number of carbonyl (C=O) groups is 3. The molecule has 0 heterocycles. The van der Waals surface area contributed by atoms with Crippen molar-refractivity contribution in [2.45, 2.75) is 88.7 Å². The lowest BCUT2D eigenvalue weighted by atomic mass is 9.85. The summed E-state index contributed by atoms with van der Waals surface area (Å²) in [7, 11) is 1.39. The van der Waals surface area contributed by atoms with Gasteiger partial charge in [0.05, 0.1) is 12.8 Å². The zero-order valence-electron chi connectivity index (χ0n) is 21.5. The fraction of sp³-hybridized carbons (Fsp3) is 0.630. The maximum absolute atomic E-state index is 11.7. The third kappa shape index (κ3) is 10.6. The zero-order chi connectivity index (χ0) is 26.3. The number of benzene rings is 1. The summed E-state index contributed by atoms with van der Waals surface area (Å²) in [5.74, 6) is -0.276. The van der Waals surface area contributed by atoms with E-state index in [-0.39, 0.29) is 42.0 Å². The molecule has 0 aliphatic heterocycles. The average Bonchev–Trinajstić information content (AvgIpc) is 3.18. The molecule has 1 aromatic carbocycles. The quantitative estimate of drug-likeness (QED) is 0.0815. The molecule has 36 heavy (non-hydrogen) atoms. The Morgan fingerprint density at radius 2 is 1.78 bits per heavy atom. The van der Waals surface area contributed by atoms with E-state index in [2.05, 4.69) is 9.89 Å². The second kappa shape index (κ2) is 16.2. The number of nitrogens with zero attached hydrogens (tertiary/aromatic N) is 1. The van der Waals surface area contributed by atoms with Crippen LogP contribution in [0.4, 0.5) is 0 Å². The van der Waals surface area contributed by atoms with Gasteiger partial charge in [0.2, 0.25) is 0 Å². The Kier molecular flexibility index (Phi) is 13.4. The lowest BCUT2D eigenvalue weighted by Crippen LogP contribution is -2.27. The molecule has 1 N–H and O–H groups in total. The molecular weight excluding hydrogens is 482 g/mol. The van der Waals surface area contributed by atoms with Crippen LogP contribution in [0.2, 0.25) is 0 Å². The molecule has 8 nitrogen and oxygen atoms in total. The van der Waals surface area contributed by atoms with Crippen molar-refractivity contribution in [2.75, 3.05) is 12.9 Å². The maximum atomic E-state index is 11.7. The minimum absolute atomic E-state index is 0.0279. The highest BCUT2D eigenvalue weighted by molar-refractivity contribution is 7.99. The van der Waals surface area contributed by atoms with Gasteiger partial charge >= 0.3 is 17.9 Å². The topological polar surface area (TPSA) is 111 Å².